The molecule has 0 spiro atoms. The highest BCUT2D eigenvalue weighted by atomic mass is 16.2. The van der Waals surface area contributed by atoms with Crippen LogP contribution in [0.1, 0.15) is 24.8 Å². The van der Waals surface area contributed by atoms with E-state index in [4.69, 9.17) is 0 Å². The van der Waals surface area contributed by atoms with E-state index in [1.807, 2.05) is 18.0 Å². The molecule has 1 aromatic carbocycles. The fourth-order valence-corrected chi connectivity index (χ4v) is 2.94. The van der Waals surface area contributed by atoms with E-state index in [0.717, 1.165) is 45.4 Å². The molecule has 1 heterocycles. The second-order valence-electron chi connectivity index (χ2n) is 5.89. The van der Waals surface area contributed by atoms with Gasteiger partial charge in [0.25, 0.3) is 0 Å². The number of likely N-dealkylation sites (N-methyl/N-ethyl adjacent to an activating group) is 1. The summed E-state index contributed by atoms with van der Waals surface area (Å²) in [6.45, 7) is 3.77. The Labute approximate surface area is 128 Å². The number of likely N-dealkylation sites (tertiary alicyclic amines) is 1. The van der Waals surface area contributed by atoms with Crippen molar-refractivity contribution in [2.75, 3.05) is 33.7 Å². The van der Waals surface area contributed by atoms with Crippen LogP contribution in [0.25, 0.3) is 0 Å². The third kappa shape index (κ3) is 4.83. The van der Waals surface area contributed by atoms with Crippen molar-refractivity contribution in [2.45, 2.75) is 31.8 Å². The van der Waals surface area contributed by atoms with E-state index in [1.54, 1.807) is 0 Å². The van der Waals surface area contributed by atoms with Gasteiger partial charge in [0.2, 0.25) is 5.91 Å². The van der Waals surface area contributed by atoms with Crippen molar-refractivity contribution in [3.8, 4) is 0 Å². The average molecular weight is 289 g/mol. The van der Waals surface area contributed by atoms with Crippen LogP contribution in [0, 0.1) is 0 Å². The Bertz CT molecular complexity index is 435. The molecule has 2 rings (SSSR count). The molecule has 1 aliphatic heterocycles. The van der Waals surface area contributed by atoms with Crippen LogP contribution in [-0.4, -0.2) is 55.5 Å². The molecule has 1 N–H and O–H groups in total. The first-order valence-corrected chi connectivity index (χ1v) is 7.89. The maximum atomic E-state index is 12.2. The molecular formula is C17H27N3O. The summed E-state index contributed by atoms with van der Waals surface area (Å²) in [5, 5.41) is 3.11. The van der Waals surface area contributed by atoms with Gasteiger partial charge in [0.1, 0.15) is 0 Å². The quantitative estimate of drug-likeness (QED) is 0.830. The van der Waals surface area contributed by atoms with Gasteiger partial charge in [-0.05, 0) is 45.5 Å². The van der Waals surface area contributed by atoms with Crippen molar-refractivity contribution < 1.29 is 4.79 Å². The SMILES string of the molecule is CNC1CCCN(CCCN(C)Cc2ccccc2)C1=O. The molecular weight excluding hydrogens is 262 g/mol. The van der Waals surface area contributed by atoms with Crippen molar-refractivity contribution in [3.63, 3.8) is 0 Å². The van der Waals surface area contributed by atoms with Gasteiger partial charge in [-0.25, -0.2) is 0 Å². The number of nitrogens with one attached hydrogen (secondary N) is 1. The van der Waals surface area contributed by atoms with Gasteiger partial charge in [-0.3, -0.25) is 4.79 Å². The van der Waals surface area contributed by atoms with Crippen LogP contribution in [0.3, 0.4) is 0 Å². The summed E-state index contributed by atoms with van der Waals surface area (Å²) in [5.74, 6) is 0.273. The molecule has 4 nitrogen and oxygen atoms in total. The van der Waals surface area contributed by atoms with Gasteiger partial charge in [0.05, 0.1) is 6.04 Å². The summed E-state index contributed by atoms with van der Waals surface area (Å²) in [6.07, 6.45) is 3.11. The zero-order valence-electron chi connectivity index (χ0n) is 13.2. The molecule has 0 bridgehead atoms. The summed E-state index contributed by atoms with van der Waals surface area (Å²) >= 11 is 0. The van der Waals surface area contributed by atoms with Gasteiger partial charge >= 0.3 is 0 Å². The molecule has 116 valence electrons. The predicted molar refractivity (Wildman–Crippen MR) is 86.1 cm³/mol. The minimum atomic E-state index is 0.0285. The molecule has 1 aliphatic rings. The number of nitrogens with zero attached hydrogens (tertiary/aromatic N) is 2. The summed E-state index contributed by atoms with van der Waals surface area (Å²) in [6, 6.07) is 10.5. The fraction of sp³-hybridized carbons (Fsp3) is 0.588. The largest absolute Gasteiger partial charge is 0.341 e. The molecule has 0 aliphatic carbocycles. The highest BCUT2D eigenvalue weighted by Gasteiger charge is 2.26. The molecule has 21 heavy (non-hydrogen) atoms. The molecule has 1 unspecified atom stereocenters. The highest BCUT2D eigenvalue weighted by Crippen LogP contribution is 2.12. The summed E-state index contributed by atoms with van der Waals surface area (Å²) in [4.78, 5) is 16.5. The van der Waals surface area contributed by atoms with E-state index in [2.05, 4.69) is 41.5 Å². The molecule has 4 heteroatoms. The molecule has 1 saturated heterocycles. The Morgan fingerprint density at radius 1 is 1.33 bits per heavy atom. The number of benzene rings is 1. The normalized spacial score (nSPS) is 19.3. The van der Waals surface area contributed by atoms with Crippen LogP contribution in [0.2, 0.25) is 0 Å². The lowest BCUT2D eigenvalue weighted by Crippen LogP contribution is -2.50. The first-order valence-electron chi connectivity index (χ1n) is 7.89. The molecule has 0 aromatic heterocycles. The number of amides is 1. The van der Waals surface area contributed by atoms with Crippen LogP contribution < -0.4 is 5.32 Å². The lowest BCUT2D eigenvalue weighted by atomic mass is 10.0. The Morgan fingerprint density at radius 3 is 2.81 bits per heavy atom. The Kier molecular flexibility index (Phi) is 6.21. The number of carbonyl (C=O) groups excluding carboxylic acids is 1. The summed E-state index contributed by atoms with van der Waals surface area (Å²) in [5.41, 5.74) is 1.34. The summed E-state index contributed by atoms with van der Waals surface area (Å²) in [7, 11) is 4.02. The van der Waals surface area contributed by atoms with E-state index >= 15 is 0 Å². The number of hydrogen-bond acceptors (Lipinski definition) is 3. The van der Waals surface area contributed by atoms with Crippen LogP contribution in [0.5, 0.6) is 0 Å². The Balaban J connectivity index is 1.70. The van der Waals surface area contributed by atoms with Crippen molar-refractivity contribution in [1.29, 1.82) is 0 Å². The Morgan fingerprint density at radius 2 is 2.10 bits per heavy atom. The Hall–Kier alpha value is -1.39. The van der Waals surface area contributed by atoms with Crippen molar-refractivity contribution in [2.24, 2.45) is 0 Å². The van der Waals surface area contributed by atoms with Crippen LogP contribution in [0.4, 0.5) is 0 Å². The lowest BCUT2D eigenvalue weighted by Gasteiger charge is -2.32. The van der Waals surface area contributed by atoms with Gasteiger partial charge in [-0.15, -0.1) is 0 Å². The lowest BCUT2D eigenvalue weighted by molar-refractivity contribution is -0.135. The van der Waals surface area contributed by atoms with Gasteiger partial charge in [0, 0.05) is 19.6 Å². The molecule has 1 atom stereocenters. The number of carbonyl (C=O) groups is 1. The van der Waals surface area contributed by atoms with Gasteiger partial charge < -0.3 is 15.1 Å². The van der Waals surface area contributed by atoms with E-state index in [0.29, 0.717) is 0 Å². The number of rotatable bonds is 7. The van der Waals surface area contributed by atoms with E-state index in [9.17, 15) is 4.79 Å². The molecule has 1 amide bonds. The second kappa shape index (κ2) is 8.15. The second-order valence-corrected chi connectivity index (χ2v) is 5.89. The predicted octanol–water partition coefficient (Wildman–Crippen LogP) is 1.72. The molecule has 0 radical (unpaired) electrons. The van der Waals surface area contributed by atoms with Gasteiger partial charge in [0.15, 0.2) is 0 Å². The zero-order valence-corrected chi connectivity index (χ0v) is 13.2. The van der Waals surface area contributed by atoms with E-state index in [1.165, 1.54) is 5.56 Å². The third-order valence-corrected chi connectivity index (χ3v) is 4.14. The smallest absolute Gasteiger partial charge is 0.239 e. The monoisotopic (exact) mass is 289 g/mol. The van der Waals surface area contributed by atoms with Crippen LogP contribution in [0.15, 0.2) is 30.3 Å². The molecule has 1 fully saturated rings. The summed E-state index contributed by atoms with van der Waals surface area (Å²) < 4.78 is 0. The number of hydrogen-bond donors (Lipinski definition) is 1. The fourth-order valence-electron chi connectivity index (χ4n) is 2.94. The minimum absolute atomic E-state index is 0.0285. The van der Waals surface area contributed by atoms with E-state index < -0.39 is 0 Å². The van der Waals surface area contributed by atoms with Crippen LogP contribution >= 0.6 is 0 Å². The zero-order chi connectivity index (χ0) is 15.1. The standard InChI is InChI=1S/C17H27N3O/c1-18-16-10-6-12-20(17(16)21)13-7-11-19(2)14-15-8-4-3-5-9-15/h3-5,8-9,16,18H,6-7,10-14H2,1-2H3. The highest BCUT2D eigenvalue weighted by molar-refractivity contribution is 5.82. The molecule has 0 saturated carbocycles. The maximum absolute atomic E-state index is 12.2. The third-order valence-electron chi connectivity index (χ3n) is 4.14. The first kappa shape index (κ1) is 16.0. The minimum Gasteiger partial charge on any atom is -0.341 e. The molecule has 1 aromatic rings. The average Bonchev–Trinajstić information content (AvgIpc) is 2.50. The van der Waals surface area contributed by atoms with Crippen molar-refractivity contribution >= 4 is 5.91 Å². The van der Waals surface area contributed by atoms with Crippen molar-refractivity contribution in [1.82, 2.24) is 15.1 Å². The number of piperidine rings is 1. The van der Waals surface area contributed by atoms with Crippen LogP contribution in [-0.2, 0) is 11.3 Å². The van der Waals surface area contributed by atoms with Crippen molar-refractivity contribution in [3.05, 3.63) is 35.9 Å². The maximum Gasteiger partial charge on any atom is 0.239 e. The van der Waals surface area contributed by atoms with Gasteiger partial charge in [-0.2, -0.15) is 0 Å². The topological polar surface area (TPSA) is 35.6 Å². The van der Waals surface area contributed by atoms with E-state index in [-0.39, 0.29) is 11.9 Å². The van der Waals surface area contributed by atoms with Gasteiger partial charge in [-0.1, -0.05) is 30.3 Å². The first-order chi connectivity index (χ1) is 10.2.